The Morgan fingerprint density at radius 3 is 2.59 bits per heavy atom. The fraction of sp³-hybridized carbons (Fsp3) is 0.273. The third-order valence-corrected chi connectivity index (χ3v) is 7.99. The number of anilines is 1. The van der Waals surface area contributed by atoms with Gasteiger partial charge in [-0.15, -0.1) is 11.3 Å². The highest BCUT2D eigenvalue weighted by atomic mass is 32.2. The number of rotatable bonds is 5. The number of carbonyl (C=O) groups excluding carboxylic acids is 1. The molecule has 1 aliphatic rings. The van der Waals surface area contributed by atoms with Crippen LogP contribution in [0.25, 0.3) is 11.3 Å². The zero-order valence-electron chi connectivity index (χ0n) is 17.3. The highest BCUT2D eigenvalue weighted by molar-refractivity contribution is 7.89. The lowest BCUT2D eigenvalue weighted by atomic mass is 10.1. The molecule has 0 bridgehead atoms. The minimum Gasteiger partial charge on any atom is -0.298 e. The van der Waals surface area contributed by atoms with Crippen molar-refractivity contribution in [1.82, 2.24) is 9.29 Å². The number of carbonyl (C=O) groups is 1. The molecule has 2 aromatic carbocycles. The van der Waals surface area contributed by atoms with Gasteiger partial charge in [-0.3, -0.25) is 10.1 Å². The number of hydrogen-bond donors (Lipinski definition) is 1. The van der Waals surface area contributed by atoms with Crippen LogP contribution in [0.5, 0.6) is 0 Å². The number of amides is 1. The molecular weight excluding hydrogens is 456 g/mol. The smallest absolute Gasteiger partial charge is 0.257 e. The third-order valence-electron chi connectivity index (χ3n) is 5.34. The third kappa shape index (κ3) is 4.57. The lowest BCUT2D eigenvalue weighted by molar-refractivity contribution is 0.102. The molecule has 0 spiro atoms. The number of aryl methyl sites for hydroxylation is 1. The Balaban J connectivity index is 1.57. The summed E-state index contributed by atoms with van der Waals surface area (Å²) in [7, 11) is -3.69. The summed E-state index contributed by atoms with van der Waals surface area (Å²) in [6, 6.07) is 7.54. The van der Waals surface area contributed by atoms with Crippen LogP contribution < -0.4 is 5.32 Å². The number of hydrogen-bond acceptors (Lipinski definition) is 5. The molecule has 0 unspecified atom stereocenters. The predicted molar refractivity (Wildman–Crippen MR) is 119 cm³/mol. The van der Waals surface area contributed by atoms with Crippen molar-refractivity contribution < 1.29 is 22.0 Å². The van der Waals surface area contributed by atoms with Gasteiger partial charge in [0, 0.05) is 29.6 Å². The lowest BCUT2D eigenvalue weighted by Gasteiger charge is -2.26. The zero-order valence-corrected chi connectivity index (χ0v) is 18.9. The second kappa shape index (κ2) is 9.05. The van der Waals surface area contributed by atoms with Gasteiger partial charge >= 0.3 is 0 Å². The molecule has 1 N–H and O–H groups in total. The van der Waals surface area contributed by atoms with Crippen molar-refractivity contribution in [2.45, 2.75) is 31.1 Å². The van der Waals surface area contributed by atoms with E-state index in [1.807, 2.05) is 0 Å². The molecule has 4 rings (SSSR count). The van der Waals surface area contributed by atoms with E-state index in [1.165, 1.54) is 21.8 Å². The van der Waals surface area contributed by atoms with Crippen molar-refractivity contribution >= 4 is 32.4 Å². The second-order valence-electron chi connectivity index (χ2n) is 7.56. The number of piperidine rings is 1. The van der Waals surface area contributed by atoms with Crippen LogP contribution in [0.15, 0.2) is 46.7 Å². The molecule has 0 atom stereocenters. The van der Waals surface area contributed by atoms with Gasteiger partial charge in [0.2, 0.25) is 10.0 Å². The van der Waals surface area contributed by atoms with E-state index in [9.17, 15) is 22.0 Å². The van der Waals surface area contributed by atoms with Crippen molar-refractivity contribution in [2.75, 3.05) is 18.4 Å². The van der Waals surface area contributed by atoms with Crippen molar-refractivity contribution in [3.05, 3.63) is 64.5 Å². The van der Waals surface area contributed by atoms with Gasteiger partial charge in [0.05, 0.1) is 10.6 Å². The van der Waals surface area contributed by atoms with Gasteiger partial charge in [0.1, 0.15) is 11.6 Å². The first-order valence-electron chi connectivity index (χ1n) is 10.1. The Kier molecular flexibility index (Phi) is 6.36. The van der Waals surface area contributed by atoms with Crippen molar-refractivity contribution in [3.63, 3.8) is 0 Å². The Hall–Kier alpha value is -2.69. The number of nitrogens with one attached hydrogen (secondary N) is 1. The maximum Gasteiger partial charge on any atom is 0.257 e. The molecule has 6 nitrogen and oxygen atoms in total. The van der Waals surface area contributed by atoms with Crippen LogP contribution in [-0.4, -0.2) is 36.7 Å². The summed E-state index contributed by atoms with van der Waals surface area (Å²) in [5.74, 6) is -1.75. The highest BCUT2D eigenvalue weighted by Crippen LogP contribution is 2.29. The van der Waals surface area contributed by atoms with Gasteiger partial charge in [-0.1, -0.05) is 12.5 Å². The van der Waals surface area contributed by atoms with E-state index in [0.717, 1.165) is 48.8 Å². The average Bonchev–Trinajstić information content (AvgIpc) is 3.24. The molecule has 1 amide bonds. The van der Waals surface area contributed by atoms with Crippen molar-refractivity contribution in [1.29, 1.82) is 0 Å². The van der Waals surface area contributed by atoms with Gasteiger partial charge in [-0.2, -0.15) is 4.31 Å². The van der Waals surface area contributed by atoms with E-state index >= 15 is 0 Å². The maximum absolute atomic E-state index is 14.0. The summed E-state index contributed by atoms with van der Waals surface area (Å²) in [6.07, 6.45) is 2.64. The van der Waals surface area contributed by atoms with Crippen LogP contribution in [0.3, 0.4) is 0 Å². The standard InChI is InChI=1S/C22H21F2N3O3S2/c1-14-5-7-16(32(29,30)27-9-3-2-4-10-27)12-17(14)21(28)26-22-25-20(13-31-22)18-11-15(23)6-8-19(18)24/h5-8,11-13H,2-4,9-10H2,1H3,(H,25,26,28). The maximum atomic E-state index is 14.0. The van der Waals surface area contributed by atoms with Gasteiger partial charge in [0.15, 0.2) is 5.13 Å². The van der Waals surface area contributed by atoms with E-state index in [4.69, 9.17) is 0 Å². The SMILES string of the molecule is Cc1ccc(S(=O)(=O)N2CCCCC2)cc1C(=O)Nc1nc(-c2cc(F)ccc2F)cs1. The Morgan fingerprint density at radius 2 is 1.84 bits per heavy atom. The van der Waals surface area contributed by atoms with E-state index in [1.54, 1.807) is 13.0 Å². The molecule has 168 valence electrons. The number of halogens is 2. The minimum atomic E-state index is -3.69. The number of sulfonamides is 1. The van der Waals surface area contributed by atoms with Crippen LogP contribution in [0, 0.1) is 18.6 Å². The molecule has 0 saturated carbocycles. The minimum absolute atomic E-state index is 0.00690. The van der Waals surface area contributed by atoms with E-state index < -0.39 is 27.6 Å². The van der Waals surface area contributed by atoms with Gasteiger partial charge < -0.3 is 0 Å². The summed E-state index contributed by atoms with van der Waals surface area (Å²) >= 11 is 1.06. The first-order valence-corrected chi connectivity index (χ1v) is 12.4. The fourth-order valence-corrected chi connectivity index (χ4v) is 5.82. The summed E-state index contributed by atoms with van der Waals surface area (Å²) in [5.41, 5.74) is 0.998. The summed E-state index contributed by atoms with van der Waals surface area (Å²) in [4.78, 5) is 17.1. The fourth-order valence-electron chi connectivity index (χ4n) is 3.57. The van der Waals surface area contributed by atoms with Crippen molar-refractivity contribution in [3.8, 4) is 11.3 Å². The Labute approximate surface area is 189 Å². The monoisotopic (exact) mass is 477 g/mol. The zero-order chi connectivity index (χ0) is 22.9. The van der Waals surface area contributed by atoms with Gasteiger partial charge in [0.25, 0.3) is 5.91 Å². The lowest BCUT2D eigenvalue weighted by Crippen LogP contribution is -2.35. The van der Waals surface area contributed by atoms with Crippen LogP contribution in [0.4, 0.5) is 13.9 Å². The molecule has 1 fully saturated rings. The highest BCUT2D eigenvalue weighted by Gasteiger charge is 2.27. The molecule has 0 aliphatic carbocycles. The first kappa shape index (κ1) is 22.5. The number of aromatic nitrogens is 1. The van der Waals surface area contributed by atoms with Crippen molar-refractivity contribution in [2.24, 2.45) is 0 Å². The molecule has 0 radical (unpaired) electrons. The van der Waals surface area contributed by atoms with Gasteiger partial charge in [-0.25, -0.2) is 22.2 Å². The van der Waals surface area contributed by atoms with Crippen LogP contribution in [0.2, 0.25) is 0 Å². The number of thiazole rings is 1. The molecule has 3 aromatic rings. The Morgan fingerprint density at radius 1 is 1.09 bits per heavy atom. The molecule has 2 heterocycles. The first-order chi connectivity index (χ1) is 15.3. The van der Waals surface area contributed by atoms with E-state index in [2.05, 4.69) is 10.3 Å². The molecule has 1 aromatic heterocycles. The topological polar surface area (TPSA) is 79.4 Å². The van der Waals surface area contributed by atoms with Crippen LogP contribution in [-0.2, 0) is 10.0 Å². The molecule has 1 saturated heterocycles. The van der Waals surface area contributed by atoms with Crippen LogP contribution in [0.1, 0.15) is 35.2 Å². The molecule has 1 aliphatic heterocycles. The Bertz CT molecular complexity index is 1270. The normalized spacial score (nSPS) is 15.0. The summed E-state index contributed by atoms with van der Waals surface area (Å²) < 4.78 is 54.9. The van der Waals surface area contributed by atoms with E-state index in [0.29, 0.717) is 18.7 Å². The summed E-state index contributed by atoms with van der Waals surface area (Å²) in [5, 5.41) is 4.33. The molecular formula is C22H21F2N3O3S2. The van der Waals surface area contributed by atoms with E-state index in [-0.39, 0.29) is 26.8 Å². The predicted octanol–water partition coefficient (Wildman–Crippen LogP) is 4.82. The number of nitrogens with zero attached hydrogens (tertiary/aromatic N) is 2. The second-order valence-corrected chi connectivity index (χ2v) is 10.4. The number of benzene rings is 2. The molecule has 10 heteroatoms. The average molecular weight is 478 g/mol. The largest absolute Gasteiger partial charge is 0.298 e. The van der Waals surface area contributed by atoms with Gasteiger partial charge in [-0.05, 0) is 55.7 Å². The van der Waals surface area contributed by atoms with Crippen LogP contribution >= 0.6 is 11.3 Å². The quantitative estimate of drug-likeness (QED) is 0.571. The molecule has 32 heavy (non-hydrogen) atoms. The summed E-state index contributed by atoms with van der Waals surface area (Å²) in [6.45, 7) is 2.65.